The number of nitrogens with one attached hydrogen (secondary N) is 1. The number of hydrogen-bond donors (Lipinski definition) is 2. The molecule has 2 N–H and O–H groups in total. The minimum atomic E-state index is -4.59. The third-order valence-corrected chi connectivity index (χ3v) is 13.2. The highest BCUT2D eigenvalue weighted by Gasteiger charge is 2.23. The lowest BCUT2D eigenvalue weighted by atomic mass is 10.0. The van der Waals surface area contributed by atoms with Crippen LogP contribution in [0.5, 0.6) is 0 Å². The average Bonchev–Trinajstić information content (AvgIpc) is 3.21. The molecule has 0 saturated heterocycles. The Morgan fingerprint density at radius 3 is 1.23 bits per heavy atom. The van der Waals surface area contributed by atoms with Gasteiger partial charge in [0.15, 0.2) is 0 Å². The Kier molecular flexibility index (Phi) is 43.9. The summed E-state index contributed by atoms with van der Waals surface area (Å²) in [5, 5.41) is 13.8. The molecule has 0 rings (SSSR count). The van der Waals surface area contributed by atoms with Gasteiger partial charge in [0.25, 0.3) is 7.82 Å². The lowest BCUT2D eigenvalue weighted by Crippen LogP contribution is -2.45. The SMILES string of the molecule is CCCCCCCCCCCCCC/C=C/[C@@H](O)[C@H](COP(=O)([O-])OCC[N+](C)(C)C)NC(=O)CCCCCCCCCCCCCCCCCCCCCCCCCCC. The first-order valence-corrected chi connectivity index (χ1v) is 28.0. The van der Waals surface area contributed by atoms with Crippen molar-refractivity contribution in [2.75, 3.05) is 40.9 Å². The largest absolute Gasteiger partial charge is 0.756 e. The summed E-state index contributed by atoms with van der Waals surface area (Å²) >= 11 is 0. The monoisotopic (exact) mass is 885 g/mol. The number of aliphatic hydroxyl groups excluding tert-OH is 1. The van der Waals surface area contributed by atoms with Gasteiger partial charge >= 0.3 is 0 Å². The molecule has 0 aromatic heterocycles. The highest BCUT2D eigenvalue weighted by molar-refractivity contribution is 7.45. The molecular weight excluding hydrogens is 780 g/mol. The summed E-state index contributed by atoms with van der Waals surface area (Å²) < 4.78 is 23.3. The molecular formula is C52H105N2O6P. The van der Waals surface area contributed by atoms with E-state index in [0.29, 0.717) is 17.4 Å². The van der Waals surface area contributed by atoms with E-state index >= 15 is 0 Å². The van der Waals surface area contributed by atoms with E-state index in [4.69, 9.17) is 9.05 Å². The van der Waals surface area contributed by atoms with E-state index in [0.717, 1.165) is 38.5 Å². The number of phosphoric acid groups is 1. The molecule has 0 aliphatic rings. The van der Waals surface area contributed by atoms with Crippen LogP contribution >= 0.6 is 7.82 Å². The number of hydrogen-bond acceptors (Lipinski definition) is 6. The van der Waals surface area contributed by atoms with Crippen LogP contribution < -0.4 is 10.2 Å². The minimum Gasteiger partial charge on any atom is -0.756 e. The van der Waals surface area contributed by atoms with Gasteiger partial charge in [-0.2, -0.15) is 0 Å². The molecule has 0 aliphatic carbocycles. The molecule has 0 bridgehead atoms. The van der Waals surface area contributed by atoms with Gasteiger partial charge in [0.05, 0.1) is 39.9 Å². The summed E-state index contributed by atoms with van der Waals surface area (Å²) in [4.78, 5) is 25.4. The molecule has 0 fully saturated rings. The second kappa shape index (κ2) is 44.4. The number of amides is 1. The van der Waals surface area contributed by atoms with Gasteiger partial charge in [0.2, 0.25) is 5.91 Å². The zero-order valence-electron chi connectivity index (χ0n) is 41.4. The number of likely N-dealkylation sites (N-methyl/N-ethyl adjacent to an activating group) is 1. The Labute approximate surface area is 380 Å². The van der Waals surface area contributed by atoms with Crippen molar-refractivity contribution in [3.05, 3.63) is 12.2 Å². The number of quaternary nitrogens is 1. The number of nitrogens with zero attached hydrogens (tertiary/aromatic N) is 1. The Morgan fingerprint density at radius 2 is 0.885 bits per heavy atom. The van der Waals surface area contributed by atoms with Crippen LogP contribution in [-0.2, 0) is 18.4 Å². The van der Waals surface area contributed by atoms with E-state index in [1.165, 1.54) is 205 Å². The van der Waals surface area contributed by atoms with Gasteiger partial charge in [-0.15, -0.1) is 0 Å². The molecule has 61 heavy (non-hydrogen) atoms. The highest BCUT2D eigenvalue weighted by Crippen LogP contribution is 2.38. The number of allylic oxidation sites excluding steroid dienone is 1. The van der Waals surface area contributed by atoms with E-state index < -0.39 is 20.0 Å². The molecule has 1 amide bonds. The van der Waals surface area contributed by atoms with Crippen molar-refractivity contribution in [1.82, 2.24) is 5.32 Å². The van der Waals surface area contributed by atoms with Gasteiger partial charge in [-0.1, -0.05) is 251 Å². The standard InChI is InChI=1S/C52H105N2O6P/c1-6-8-10-12-14-16-18-20-22-23-24-25-26-27-28-29-30-31-32-34-36-38-40-42-44-46-52(56)53-50(49-60-61(57,58)59-48-47-54(3,4)5)51(55)45-43-41-39-37-35-33-21-19-17-15-13-11-9-7-2/h43,45,50-51,55H,6-42,44,46-49H2,1-5H3,(H-,53,56,57,58)/b45-43+/t50-,51+/m0/s1. The van der Waals surface area contributed by atoms with E-state index in [-0.39, 0.29) is 19.1 Å². The fraction of sp³-hybridized carbons (Fsp3) is 0.942. The third-order valence-electron chi connectivity index (χ3n) is 12.2. The first-order chi connectivity index (χ1) is 29.5. The fourth-order valence-electron chi connectivity index (χ4n) is 8.04. The Balaban J connectivity index is 4.15. The molecule has 3 atom stereocenters. The summed E-state index contributed by atoms with van der Waals surface area (Å²) in [5.74, 6) is -0.192. The molecule has 9 heteroatoms. The van der Waals surface area contributed by atoms with Crippen LogP contribution in [0.25, 0.3) is 0 Å². The van der Waals surface area contributed by atoms with E-state index in [1.807, 2.05) is 27.2 Å². The van der Waals surface area contributed by atoms with Crippen molar-refractivity contribution < 1.29 is 32.9 Å². The highest BCUT2D eigenvalue weighted by atomic mass is 31.2. The minimum absolute atomic E-state index is 0.00238. The third kappa shape index (κ3) is 47.0. The quantitative estimate of drug-likeness (QED) is 0.0273. The summed E-state index contributed by atoms with van der Waals surface area (Å²) in [6, 6.07) is -0.880. The van der Waals surface area contributed by atoms with Crippen molar-refractivity contribution in [2.45, 2.75) is 276 Å². The maximum absolute atomic E-state index is 12.9. The van der Waals surface area contributed by atoms with Crippen LogP contribution in [-0.4, -0.2) is 68.5 Å². The Morgan fingerprint density at radius 1 is 0.557 bits per heavy atom. The number of aliphatic hydroxyl groups is 1. The van der Waals surface area contributed by atoms with Gasteiger partial charge in [-0.05, 0) is 19.3 Å². The molecule has 0 aromatic rings. The Hall–Kier alpha value is -0.760. The fourth-order valence-corrected chi connectivity index (χ4v) is 8.76. The smallest absolute Gasteiger partial charge is 0.268 e. The summed E-state index contributed by atoms with van der Waals surface area (Å²) in [6.07, 6.45) is 52.8. The van der Waals surface area contributed by atoms with Crippen LogP contribution in [0.15, 0.2) is 12.2 Å². The number of phosphoric ester groups is 1. The molecule has 0 spiro atoms. The maximum Gasteiger partial charge on any atom is 0.268 e. The van der Waals surface area contributed by atoms with E-state index in [9.17, 15) is 19.4 Å². The lowest BCUT2D eigenvalue weighted by Gasteiger charge is -2.29. The molecule has 0 aliphatic heterocycles. The number of unbranched alkanes of at least 4 members (excludes halogenated alkanes) is 36. The second-order valence-electron chi connectivity index (χ2n) is 19.6. The molecule has 8 nitrogen and oxygen atoms in total. The maximum atomic E-state index is 12.9. The molecule has 0 heterocycles. The van der Waals surface area contributed by atoms with Gasteiger partial charge in [-0.25, -0.2) is 0 Å². The van der Waals surface area contributed by atoms with Crippen LogP contribution in [0.2, 0.25) is 0 Å². The summed E-state index contributed by atoms with van der Waals surface area (Å²) in [7, 11) is 1.27. The molecule has 0 aromatic carbocycles. The normalized spacial score (nSPS) is 14.1. The molecule has 0 radical (unpaired) electrons. The van der Waals surface area contributed by atoms with Gasteiger partial charge in [-0.3, -0.25) is 9.36 Å². The van der Waals surface area contributed by atoms with Crippen molar-refractivity contribution in [1.29, 1.82) is 0 Å². The van der Waals surface area contributed by atoms with Crippen molar-refractivity contribution in [2.24, 2.45) is 0 Å². The average molecular weight is 885 g/mol. The lowest BCUT2D eigenvalue weighted by molar-refractivity contribution is -0.870. The predicted molar refractivity (Wildman–Crippen MR) is 261 cm³/mol. The van der Waals surface area contributed by atoms with Gasteiger partial charge in [0, 0.05) is 6.42 Å². The zero-order chi connectivity index (χ0) is 45.0. The van der Waals surface area contributed by atoms with Crippen LogP contribution in [0.1, 0.15) is 264 Å². The molecule has 1 unspecified atom stereocenters. The number of rotatable bonds is 49. The summed E-state index contributed by atoms with van der Waals surface area (Å²) in [5.41, 5.74) is 0. The van der Waals surface area contributed by atoms with E-state index in [2.05, 4.69) is 19.2 Å². The van der Waals surface area contributed by atoms with Gasteiger partial charge in [0.1, 0.15) is 13.2 Å². The van der Waals surface area contributed by atoms with Crippen LogP contribution in [0.3, 0.4) is 0 Å². The van der Waals surface area contributed by atoms with E-state index in [1.54, 1.807) is 6.08 Å². The zero-order valence-corrected chi connectivity index (χ0v) is 42.3. The first kappa shape index (κ1) is 60.2. The van der Waals surface area contributed by atoms with Crippen molar-refractivity contribution in [3.8, 4) is 0 Å². The molecule has 364 valence electrons. The Bertz CT molecular complexity index is 1000. The van der Waals surface area contributed by atoms with Crippen LogP contribution in [0, 0.1) is 0 Å². The topological polar surface area (TPSA) is 108 Å². The number of carbonyl (C=O) groups excluding carboxylic acids is 1. The van der Waals surface area contributed by atoms with Crippen molar-refractivity contribution in [3.63, 3.8) is 0 Å². The number of carbonyl (C=O) groups is 1. The van der Waals surface area contributed by atoms with Crippen molar-refractivity contribution >= 4 is 13.7 Å². The van der Waals surface area contributed by atoms with Crippen LogP contribution in [0.4, 0.5) is 0 Å². The summed E-state index contributed by atoms with van der Waals surface area (Å²) in [6.45, 7) is 4.68. The van der Waals surface area contributed by atoms with Gasteiger partial charge < -0.3 is 28.8 Å². The molecule has 0 saturated carbocycles. The first-order valence-electron chi connectivity index (χ1n) is 26.6. The predicted octanol–water partition coefficient (Wildman–Crippen LogP) is 14.8. The second-order valence-corrected chi connectivity index (χ2v) is 21.0.